The molecule has 1 heterocycles. The molecule has 7 heavy (non-hydrogen) atoms. The Kier molecular flexibility index (Phi) is 1.65. The molecule has 0 aliphatic carbocycles. The van der Waals surface area contributed by atoms with Crippen LogP contribution in [-0.2, 0) is 0 Å². The van der Waals surface area contributed by atoms with Crippen LogP contribution in [0, 0.1) is 12.5 Å². The fourth-order valence-electron chi connectivity index (χ4n) is 0.722. The number of hydrogen-bond donors (Lipinski definition) is 2. The van der Waals surface area contributed by atoms with Crippen molar-refractivity contribution in [3.8, 4) is 0 Å². The van der Waals surface area contributed by atoms with Crippen LogP contribution in [0.5, 0.6) is 0 Å². The molecule has 0 aromatic carbocycles. The van der Waals surface area contributed by atoms with Crippen molar-refractivity contribution in [1.29, 1.82) is 0 Å². The minimum atomic E-state index is 0.323. The van der Waals surface area contributed by atoms with E-state index in [-0.39, 0.29) is 0 Å². The summed E-state index contributed by atoms with van der Waals surface area (Å²) in [7, 11) is 0. The normalized spacial score (nSPS) is 31.3. The van der Waals surface area contributed by atoms with Gasteiger partial charge in [-0.2, -0.15) is 0 Å². The third-order valence-electron chi connectivity index (χ3n) is 1.26. The number of hydrogen-bond acceptors (Lipinski definition) is 2. The average molecular weight is 100 g/mol. The highest BCUT2D eigenvalue weighted by molar-refractivity contribution is 4.78. The summed E-state index contributed by atoms with van der Waals surface area (Å²) in [5, 5.41) is 11.5. The summed E-state index contributed by atoms with van der Waals surface area (Å²) >= 11 is 0. The van der Waals surface area contributed by atoms with E-state index in [2.05, 4.69) is 5.32 Å². The highest BCUT2D eigenvalue weighted by Crippen LogP contribution is 2.07. The Labute approximate surface area is 43.5 Å². The third-order valence-corrected chi connectivity index (χ3v) is 1.26. The lowest BCUT2D eigenvalue weighted by atomic mass is 10.1. The van der Waals surface area contributed by atoms with E-state index in [0.717, 1.165) is 13.0 Å². The molecule has 41 valence electrons. The standard InChI is InChI=1S/C5H10NO/c7-4-5-1-2-6-3-5/h2,5-7H,1,3-4H2. The summed E-state index contributed by atoms with van der Waals surface area (Å²) in [5.74, 6) is 0.486. The van der Waals surface area contributed by atoms with Crippen LogP contribution in [0.4, 0.5) is 0 Å². The predicted molar refractivity (Wildman–Crippen MR) is 27.5 cm³/mol. The second-order valence-electron chi connectivity index (χ2n) is 1.90. The van der Waals surface area contributed by atoms with E-state index in [0.29, 0.717) is 12.5 Å². The van der Waals surface area contributed by atoms with Crippen LogP contribution in [0.2, 0.25) is 0 Å². The largest absolute Gasteiger partial charge is 0.396 e. The Bertz CT molecular complexity index is 50.0. The Morgan fingerprint density at radius 1 is 1.86 bits per heavy atom. The van der Waals surface area contributed by atoms with Crippen LogP contribution < -0.4 is 5.32 Å². The molecular formula is C5H10NO. The van der Waals surface area contributed by atoms with Gasteiger partial charge in [0.15, 0.2) is 0 Å². The first-order chi connectivity index (χ1) is 3.43. The lowest BCUT2D eigenvalue weighted by molar-refractivity contribution is 0.238. The first-order valence-corrected chi connectivity index (χ1v) is 2.59. The Morgan fingerprint density at radius 3 is 3.00 bits per heavy atom. The van der Waals surface area contributed by atoms with Crippen molar-refractivity contribution in [3.63, 3.8) is 0 Å². The van der Waals surface area contributed by atoms with Crippen LogP contribution in [0.3, 0.4) is 0 Å². The molecule has 1 aliphatic heterocycles. The molecule has 1 fully saturated rings. The Hall–Kier alpha value is -0.0800. The van der Waals surface area contributed by atoms with E-state index in [9.17, 15) is 0 Å². The number of aliphatic hydroxyl groups excluding tert-OH is 1. The van der Waals surface area contributed by atoms with Crippen LogP contribution in [0.15, 0.2) is 0 Å². The zero-order valence-corrected chi connectivity index (χ0v) is 4.22. The van der Waals surface area contributed by atoms with Crippen molar-refractivity contribution in [1.82, 2.24) is 5.32 Å². The summed E-state index contributed by atoms with van der Waals surface area (Å²) in [6.45, 7) is 3.28. The van der Waals surface area contributed by atoms with Crippen molar-refractivity contribution >= 4 is 0 Å². The summed E-state index contributed by atoms with van der Waals surface area (Å²) in [5.41, 5.74) is 0. The monoisotopic (exact) mass is 100 g/mol. The van der Waals surface area contributed by atoms with Crippen molar-refractivity contribution in [2.45, 2.75) is 6.42 Å². The topological polar surface area (TPSA) is 32.3 Å². The highest BCUT2D eigenvalue weighted by Gasteiger charge is 2.11. The quantitative estimate of drug-likeness (QED) is 0.476. The SMILES string of the molecule is OCC1C[CH]NC1. The van der Waals surface area contributed by atoms with E-state index < -0.39 is 0 Å². The van der Waals surface area contributed by atoms with Gasteiger partial charge in [-0.25, -0.2) is 0 Å². The molecule has 0 aromatic heterocycles. The summed E-state index contributed by atoms with van der Waals surface area (Å²) in [4.78, 5) is 0. The number of rotatable bonds is 1. The van der Waals surface area contributed by atoms with Crippen molar-refractivity contribution < 1.29 is 5.11 Å². The Balaban J connectivity index is 2.14. The van der Waals surface area contributed by atoms with Crippen molar-refractivity contribution in [2.24, 2.45) is 5.92 Å². The molecule has 1 atom stereocenters. The first kappa shape index (κ1) is 5.06. The van der Waals surface area contributed by atoms with E-state index >= 15 is 0 Å². The molecule has 1 rings (SSSR count). The molecule has 2 heteroatoms. The maximum absolute atomic E-state index is 8.51. The number of nitrogens with one attached hydrogen (secondary N) is 1. The van der Waals surface area contributed by atoms with Crippen molar-refractivity contribution in [2.75, 3.05) is 13.2 Å². The van der Waals surface area contributed by atoms with Gasteiger partial charge in [-0.05, 0) is 12.3 Å². The molecule has 0 saturated carbocycles. The number of aliphatic hydroxyl groups is 1. The second kappa shape index (κ2) is 2.28. The summed E-state index contributed by atoms with van der Waals surface area (Å²) in [6, 6.07) is 0. The molecule has 2 nitrogen and oxygen atoms in total. The molecule has 0 bridgehead atoms. The van der Waals surface area contributed by atoms with Gasteiger partial charge in [-0.1, -0.05) is 0 Å². The molecule has 0 spiro atoms. The first-order valence-electron chi connectivity index (χ1n) is 2.59. The van der Waals surface area contributed by atoms with Gasteiger partial charge < -0.3 is 10.4 Å². The minimum absolute atomic E-state index is 0.323. The van der Waals surface area contributed by atoms with Gasteiger partial charge in [0.05, 0.1) is 0 Å². The van der Waals surface area contributed by atoms with E-state index in [1.807, 2.05) is 6.54 Å². The van der Waals surface area contributed by atoms with Crippen LogP contribution in [0.25, 0.3) is 0 Å². The highest BCUT2D eigenvalue weighted by atomic mass is 16.3. The maximum Gasteiger partial charge on any atom is 0.0472 e. The average Bonchev–Trinajstić information content (AvgIpc) is 2.14. The second-order valence-corrected chi connectivity index (χ2v) is 1.90. The molecule has 0 amide bonds. The fraction of sp³-hybridized carbons (Fsp3) is 0.800. The molecule has 1 saturated heterocycles. The lowest BCUT2D eigenvalue weighted by Crippen LogP contribution is -2.10. The van der Waals surface area contributed by atoms with Crippen LogP contribution >= 0.6 is 0 Å². The summed E-state index contributed by atoms with van der Waals surface area (Å²) < 4.78 is 0. The molecule has 1 radical (unpaired) electrons. The molecule has 2 N–H and O–H groups in total. The third kappa shape index (κ3) is 1.14. The zero-order valence-electron chi connectivity index (χ0n) is 4.22. The van der Waals surface area contributed by atoms with Gasteiger partial charge in [-0.15, -0.1) is 0 Å². The molecule has 1 aliphatic rings. The van der Waals surface area contributed by atoms with Gasteiger partial charge >= 0.3 is 0 Å². The van der Waals surface area contributed by atoms with Gasteiger partial charge in [0.25, 0.3) is 0 Å². The zero-order chi connectivity index (χ0) is 5.11. The fourth-order valence-corrected chi connectivity index (χ4v) is 0.722. The smallest absolute Gasteiger partial charge is 0.0472 e. The molecular weight excluding hydrogens is 90.1 g/mol. The predicted octanol–water partition coefficient (Wildman–Crippen LogP) is -0.250. The summed E-state index contributed by atoms with van der Waals surface area (Å²) in [6.07, 6.45) is 1.02. The molecule has 0 aromatic rings. The maximum atomic E-state index is 8.51. The van der Waals surface area contributed by atoms with Crippen LogP contribution in [0.1, 0.15) is 6.42 Å². The molecule has 1 unspecified atom stereocenters. The van der Waals surface area contributed by atoms with Gasteiger partial charge in [0.1, 0.15) is 0 Å². The lowest BCUT2D eigenvalue weighted by Gasteiger charge is -1.97. The van der Waals surface area contributed by atoms with Crippen molar-refractivity contribution in [3.05, 3.63) is 6.54 Å². The van der Waals surface area contributed by atoms with Gasteiger partial charge in [0.2, 0.25) is 0 Å². The van der Waals surface area contributed by atoms with E-state index in [1.54, 1.807) is 0 Å². The van der Waals surface area contributed by atoms with E-state index in [1.165, 1.54) is 0 Å². The Morgan fingerprint density at radius 2 is 2.71 bits per heavy atom. The minimum Gasteiger partial charge on any atom is -0.396 e. The van der Waals surface area contributed by atoms with Gasteiger partial charge in [0, 0.05) is 19.7 Å². The van der Waals surface area contributed by atoms with E-state index in [4.69, 9.17) is 5.11 Å². The van der Waals surface area contributed by atoms with Gasteiger partial charge in [-0.3, -0.25) is 0 Å². The van der Waals surface area contributed by atoms with Crippen LogP contribution in [-0.4, -0.2) is 18.3 Å².